The molecule has 0 radical (unpaired) electrons. The van der Waals surface area contributed by atoms with Crippen molar-refractivity contribution in [3.63, 3.8) is 0 Å². The summed E-state index contributed by atoms with van der Waals surface area (Å²) in [5, 5.41) is 0. The van der Waals surface area contributed by atoms with E-state index < -0.39 is 0 Å². The molecule has 7 atom stereocenters. The Bertz CT molecular complexity index is 305. The third-order valence-electron chi connectivity index (χ3n) is 5.51. The number of hydrogen-bond acceptors (Lipinski definition) is 2. The molecule has 4 saturated carbocycles. The molecule has 14 heavy (non-hydrogen) atoms. The van der Waals surface area contributed by atoms with Crippen molar-refractivity contribution in [1.82, 2.24) is 0 Å². The number of hydrogen-bond donors (Lipinski definition) is 0. The van der Waals surface area contributed by atoms with Crippen LogP contribution in [0, 0.1) is 35.5 Å². The van der Waals surface area contributed by atoms with E-state index in [1.807, 2.05) is 0 Å². The molecule has 0 aromatic heterocycles. The summed E-state index contributed by atoms with van der Waals surface area (Å²) in [6, 6.07) is 0. The van der Waals surface area contributed by atoms with Gasteiger partial charge in [0.2, 0.25) is 0 Å². The average Bonchev–Trinajstić information content (AvgIpc) is 2.60. The normalized spacial score (nSPS) is 61.4. The topological polar surface area (TPSA) is 26.3 Å². The van der Waals surface area contributed by atoms with E-state index in [1.54, 1.807) is 6.92 Å². The molecule has 4 aliphatic rings. The summed E-state index contributed by atoms with van der Waals surface area (Å²) < 4.78 is 5.51. The van der Waals surface area contributed by atoms with Crippen LogP contribution in [0.5, 0.6) is 0 Å². The van der Waals surface area contributed by atoms with Gasteiger partial charge in [0.05, 0.1) is 0 Å². The third-order valence-corrected chi connectivity index (χ3v) is 5.51. The van der Waals surface area contributed by atoms with Gasteiger partial charge in [-0.2, -0.15) is 0 Å². The first-order valence-corrected chi connectivity index (χ1v) is 5.94. The minimum atomic E-state index is -0.0657. The van der Waals surface area contributed by atoms with E-state index in [1.165, 1.54) is 19.3 Å². The molecule has 0 amide bonds. The van der Waals surface area contributed by atoms with Crippen molar-refractivity contribution in [3.05, 3.63) is 0 Å². The van der Waals surface area contributed by atoms with Crippen LogP contribution in [0.15, 0.2) is 0 Å². The van der Waals surface area contributed by atoms with Crippen LogP contribution in [0.3, 0.4) is 0 Å². The van der Waals surface area contributed by atoms with Crippen molar-refractivity contribution in [2.24, 2.45) is 35.5 Å². The second-order valence-corrected chi connectivity index (χ2v) is 5.70. The quantitative estimate of drug-likeness (QED) is 0.592. The number of esters is 1. The van der Waals surface area contributed by atoms with Crippen molar-refractivity contribution in [2.75, 3.05) is 0 Å². The summed E-state index contributed by atoms with van der Waals surface area (Å²) in [5.41, 5.74) is 0. The SMILES string of the molecule is CC(=O)OC1C2CC3C4CCC2C4C31. The molecule has 0 heterocycles. The van der Waals surface area contributed by atoms with E-state index in [4.69, 9.17) is 4.74 Å². The van der Waals surface area contributed by atoms with Crippen molar-refractivity contribution >= 4 is 5.97 Å². The molecule has 4 rings (SSSR count). The van der Waals surface area contributed by atoms with E-state index in [9.17, 15) is 4.79 Å². The maximum atomic E-state index is 11.0. The van der Waals surface area contributed by atoms with E-state index >= 15 is 0 Å². The summed E-state index contributed by atoms with van der Waals surface area (Å²) in [4.78, 5) is 11.0. The molecule has 4 aliphatic carbocycles. The highest BCUT2D eigenvalue weighted by atomic mass is 16.5. The Kier molecular flexibility index (Phi) is 1.20. The maximum absolute atomic E-state index is 11.0. The first-order chi connectivity index (χ1) is 6.77. The Labute approximate surface area is 84.0 Å². The third kappa shape index (κ3) is 0.636. The fraction of sp³-hybridized carbons (Fsp3) is 0.917. The van der Waals surface area contributed by atoms with Gasteiger partial charge in [0.1, 0.15) is 6.10 Å². The van der Waals surface area contributed by atoms with Gasteiger partial charge in [-0.3, -0.25) is 4.79 Å². The van der Waals surface area contributed by atoms with E-state index in [0.29, 0.717) is 6.10 Å². The predicted octanol–water partition coefficient (Wildman–Crippen LogP) is 1.84. The molecule has 2 heteroatoms. The smallest absolute Gasteiger partial charge is 0.302 e. The van der Waals surface area contributed by atoms with Crippen molar-refractivity contribution in [1.29, 1.82) is 0 Å². The molecule has 2 bridgehead atoms. The zero-order valence-electron chi connectivity index (χ0n) is 8.48. The molecule has 0 aromatic carbocycles. The highest BCUT2D eigenvalue weighted by Crippen LogP contribution is 2.75. The summed E-state index contributed by atoms with van der Waals surface area (Å²) in [6.07, 6.45) is 4.59. The van der Waals surface area contributed by atoms with Crippen LogP contribution < -0.4 is 0 Å². The highest BCUT2D eigenvalue weighted by Gasteiger charge is 2.73. The van der Waals surface area contributed by atoms with Crippen LogP contribution in [0.1, 0.15) is 26.2 Å². The molecule has 0 spiro atoms. The molecule has 0 N–H and O–H groups in total. The standard InChI is InChI=1S/C12H16O2/c1-5(13)14-12-9-4-8-6-2-3-7(9)10(6)11(8)12/h6-12H,2-4H2,1H3. The Balaban J connectivity index is 1.66. The Hall–Kier alpha value is -0.530. The summed E-state index contributed by atoms with van der Waals surface area (Å²) in [7, 11) is 0. The lowest BCUT2D eigenvalue weighted by atomic mass is 9.56. The van der Waals surface area contributed by atoms with Crippen molar-refractivity contribution < 1.29 is 9.53 Å². The summed E-state index contributed by atoms with van der Waals surface area (Å²) in [6.45, 7) is 1.56. The van der Waals surface area contributed by atoms with Gasteiger partial charge in [0.25, 0.3) is 0 Å². The zero-order valence-corrected chi connectivity index (χ0v) is 8.48. The van der Waals surface area contributed by atoms with Gasteiger partial charge in [-0.1, -0.05) is 0 Å². The van der Waals surface area contributed by atoms with Crippen LogP contribution in [0.25, 0.3) is 0 Å². The molecular formula is C12H16O2. The van der Waals surface area contributed by atoms with Crippen LogP contribution in [0.2, 0.25) is 0 Å². The minimum Gasteiger partial charge on any atom is -0.462 e. The zero-order chi connectivity index (χ0) is 9.45. The Morgan fingerprint density at radius 2 is 1.79 bits per heavy atom. The van der Waals surface area contributed by atoms with Crippen LogP contribution >= 0.6 is 0 Å². The monoisotopic (exact) mass is 192 g/mol. The van der Waals surface area contributed by atoms with Gasteiger partial charge in [-0.25, -0.2) is 0 Å². The van der Waals surface area contributed by atoms with Gasteiger partial charge in [-0.15, -0.1) is 0 Å². The van der Waals surface area contributed by atoms with Crippen LogP contribution in [-0.2, 0) is 9.53 Å². The molecule has 0 saturated heterocycles. The fourth-order valence-electron chi connectivity index (χ4n) is 5.39. The molecule has 0 aliphatic heterocycles. The first kappa shape index (κ1) is 7.72. The number of carbonyl (C=O) groups is 1. The second kappa shape index (κ2) is 2.17. The summed E-state index contributed by atoms with van der Waals surface area (Å²) >= 11 is 0. The van der Waals surface area contributed by atoms with Crippen molar-refractivity contribution in [3.8, 4) is 0 Å². The first-order valence-electron chi connectivity index (χ1n) is 5.94. The molecule has 2 nitrogen and oxygen atoms in total. The van der Waals surface area contributed by atoms with Gasteiger partial charge >= 0.3 is 5.97 Å². The molecule has 0 aromatic rings. The second-order valence-electron chi connectivity index (χ2n) is 5.70. The number of rotatable bonds is 1. The number of ether oxygens (including phenoxy) is 1. The Morgan fingerprint density at radius 1 is 1.07 bits per heavy atom. The lowest BCUT2D eigenvalue weighted by molar-refractivity contribution is -0.151. The van der Waals surface area contributed by atoms with E-state index in [-0.39, 0.29) is 5.97 Å². The van der Waals surface area contributed by atoms with Gasteiger partial charge in [-0.05, 0) is 48.9 Å². The molecule has 4 fully saturated rings. The summed E-state index contributed by atoms with van der Waals surface area (Å²) in [5.74, 6) is 5.32. The average molecular weight is 192 g/mol. The van der Waals surface area contributed by atoms with Crippen molar-refractivity contribution in [2.45, 2.75) is 32.3 Å². The fourth-order valence-corrected chi connectivity index (χ4v) is 5.39. The number of carbonyl (C=O) groups excluding carboxylic acids is 1. The van der Waals surface area contributed by atoms with Gasteiger partial charge in [0.15, 0.2) is 0 Å². The van der Waals surface area contributed by atoms with Gasteiger partial charge < -0.3 is 4.74 Å². The largest absolute Gasteiger partial charge is 0.462 e. The maximum Gasteiger partial charge on any atom is 0.302 e. The Morgan fingerprint density at radius 3 is 2.43 bits per heavy atom. The van der Waals surface area contributed by atoms with Gasteiger partial charge in [0, 0.05) is 12.8 Å². The molecule has 76 valence electrons. The van der Waals surface area contributed by atoms with E-state index in [2.05, 4.69) is 0 Å². The number of fused-ring (bicyclic) bond motifs is 3. The highest BCUT2D eigenvalue weighted by molar-refractivity contribution is 5.66. The molecule has 7 unspecified atom stereocenters. The molecular weight excluding hydrogens is 176 g/mol. The van der Waals surface area contributed by atoms with Crippen LogP contribution in [0.4, 0.5) is 0 Å². The lowest BCUT2D eigenvalue weighted by Gasteiger charge is -2.48. The van der Waals surface area contributed by atoms with E-state index in [0.717, 1.165) is 35.5 Å². The van der Waals surface area contributed by atoms with Crippen LogP contribution in [-0.4, -0.2) is 12.1 Å². The lowest BCUT2D eigenvalue weighted by Crippen LogP contribution is -2.45. The predicted molar refractivity (Wildman–Crippen MR) is 50.3 cm³/mol. The minimum absolute atomic E-state index is 0.0657.